The lowest BCUT2D eigenvalue weighted by molar-refractivity contribution is -0.172. The van der Waals surface area contributed by atoms with Gasteiger partial charge in [0.15, 0.2) is 11.6 Å². The van der Waals surface area contributed by atoms with Crippen molar-refractivity contribution in [3.05, 3.63) is 59.0 Å². The highest BCUT2D eigenvalue weighted by atomic mass is 19.4. The molecule has 2 fully saturated rings. The van der Waals surface area contributed by atoms with Crippen LogP contribution in [0.1, 0.15) is 36.5 Å². The first-order valence-electron chi connectivity index (χ1n) is 11.0. The van der Waals surface area contributed by atoms with Crippen molar-refractivity contribution < 1.29 is 36.7 Å². The van der Waals surface area contributed by atoms with Crippen molar-refractivity contribution in [2.75, 3.05) is 18.1 Å². The highest BCUT2D eigenvalue weighted by Crippen LogP contribution is 2.48. The first kappa shape index (κ1) is 24.6. The molecule has 1 spiro atoms. The summed E-state index contributed by atoms with van der Waals surface area (Å²) in [6.07, 6.45) is -3.22. The van der Waals surface area contributed by atoms with Gasteiger partial charge in [0.1, 0.15) is 12.1 Å². The Balaban J connectivity index is 1.66. The number of hydrogen-bond acceptors (Lipinski definition) is 5. The quantitative estimate of drug-likeness (QED) is 0.470. The number of piperazine rings is 1. The molecule has 186 valence electrons. The average Bonchev–Trinajstić information content (AvgIpc) is 2.75. The van der Waals surface area contributed by atoms with E-state index in [1.54, 1.807) is 13.8 Å². The molecule has 35 heavy (non-hydrogen) atoms. The summed E-state index contributed by atoms with van der Waals surface area (Å²) in [6.45, 7) is 2.79. The summed E-state index contributed by atoms with van der Waals surface area (Å²) in [7, 11) is 0. The van der Waals surface area contributed by atoms with E-state index in [1.165, 1.54) is 29.3 Å². The average molecular weight is 493 g/mol. The fraction of sp³-hybridized carbons (Fsp3) is 0.417. The number of halogens is 4. The molecule has 1 saturated carbocycles. The molecule has 0 atom stereocenters. The molecule has 1 aliphatic heterocycles. The Labute approximate surface area is 198 Å². The lowest BCUT2D eigenvalue weighted by Gasteiger charge is -2.56. The number of amides is 2. The van der Waals surface area contributed by atoms with Gasteiger partial charge in [-0.15, -0.1) is 0 Å². The molecule has 7 nitrogen and oxygen atoms in total. The zero-order valence-corrected chi connectivity index (χ0v) is 19.1. The summed E-state index contributed by atoms with van der Waals surface area (Å²) in [5.41, 5.74) is -1.39. The van der Waals surface area contributed by atoms with Crippen LogP contribution in [-0.2, 0) is 31.8 Å². The van der Waals surface area contributed by atoms with E-state index in [0.717, 1.165) is 17.0 Å². The van der Waals surface area contributed by atoms with Crippen molar-refractivity contribution in [1.29, 1.82) is 0 Å². The highest BCUT2D eigenvalue weighted by Gasteiger charge is 2.62. The SMILES string of the molecule is CCOC(=O)C1CC2(C1)C(=O)N(c1ncc(C)cc1F)CC(=O)N2Cc1ccc(C(F)(F)F)cc1. The van der Waals surface area contributed by atoms with Gasteiger partial charge in [-0.3, -0.25) is 19.3 Å². The summed E-state index contributed by atoms with van der Waals surface area (Å²) in [4.78, 5) is 45.4. The topological polar surface area (TPSA) is 79.8 Å². The number of ether oxygens (including phenoxy) is 1. The minimum absolute atomic E-state index is 0.0407. The molecule has 0 bridgehead atoms. The van der Waals surface area contributed by atoms with E-state index in [0.29, 0.717) is 11.1 Å². The molecular formula is C24H23F4N3O4. The van der Waals surface area contributed by atoms with Crippen LogP contribution in [0, 0.1) is 18.7 Å². The fourth-order valence-electron chi connectivity index (χ4n) is 4.59. The predicted molar refractivity (Wildman–Crippen MR) is 115 cm³/mol. The number of pyridine rings is 1. The second-order valence-corrected chi connectivity index (χ2v) is 8.77. The Kier molecular flexibility index (Phi) is 6.29. The van der Waals surface area contributed by atoms with Crippen LogP contribution in [0.2, 0.25) is 0 Å². The lowest BCUT2D eigenvalue weighted by atomic mass is 9.65. The zero-order chi connectivity index (χ0) is 25.5. The molecule has 1 saturated heterocycles. The summed E-state index contributed by atoms with van der Waals surface area (Å²) in [6, 6.07) is 5.48. The molecule has 2 aliphatic rings. The number of aryl methyl sites for hydroxylation is 1. The molecule has 2 aromatic rings. The van der Waals surface area contributed by atoms with Crippen LogP contribution in [0.4, 0.5) is 23.4 Å². The van der Waals surface area contributed by atoms with Crippen molar-refractivity contribution >= 4 is 23.6 Å². The standard InChI is InChI=1S/C24H23F4N3O4/c1-3-35-21(33)16-9-23(10-16)22(34)30(20-18(25)8-14(2)11-29-20)13-19(32)31(23)12-15-4-6-17(7-5-15)24(26,27)28/h4-8,11,16H,3,9-10,12-13H2,1-2H3. The zero-order valence-electron chi connectivity index (χ0n) is 19.1. The summed E-state index contributed by atoms with van der Waals surface area (Å²) < 4.78 is 58.5. The van der Waals surface area contributed by atoms with Gasteiger partial charge in [-0.25, -0.2) is 9.37 Å². The van der Waals surface area contributed by atoms with Crippen molar-refractivity contribution in [2.45, 2.75) is 44.9 Å². The Morgan fingerprint density at radius 3 is 2.43 bits per heavy atom. The Morgan fingerprint density at radius 1 is 1.20 bits per heavy atom. The molecule has 1 aromatic carbocycles. The van der Waals surface area contributed by atoms with Crippen LogP contribution in [0.15, 0.2) is 36.5 Å². The van der Waals surface area contributed by atoms with E-state index in [2.05, 4.69) is 4.98 Å². The van der Waals surface area contributed by atoms with Gasteiger partial charge in [0.05, 0.1) is 18.1 Å². The maximum absolute atomic E-state index is 14.6. The number of nitrogens with zero attached hydrogens (tertiary/aromatic N) is 3. The van der Waals surface area contributed by atoms with E-state index >= 15 is 0 Å². The minimum Gasteiger partial charge on any atom is -0.466 e. The summed E-state index contributed by atoms with van der Waals surface area (Å²) in [5.74, 6) is -3.34. The number of aromatic nitrogens is 1. The van der Waals surface area contributed by atoms with Gasteiger partial charge in [0, 0.05) is 12.7 Å². The monoisotopic (exact) mass is 493 g/mol. The Hall–Kier alpha value is -3.50. The maximum Gasteiger partial charge on any atom is 0.416 e. The Bertz CT molecular complexity index is 1160. The third-order valence-corrected chi connectivity index (χ3v) is 6.38. The van der Waals surface area contributed by atoms with E-state index < -0.39 is 53.3 Å². The van der Waals surface area contributed by atoms with Gasteiger partial charge in [0.2, 0.25) is 5.91 Å². The molecule has 2 heterocycles. The minimum atomic E-state index is -4.51. The molecule has 0 N–H and O–H groups in total. The smallest absolute Gasteiger partial charge is 0.416 e. The molecule has 1 aromatic heterocycles. The molecule has 4 rings (SSSR count). The normalized spacial score (nSPS) is 22.4. The second-order valence-electron chi connectivity index (χ2n) is 8.77. The second kappa shape index (κ2) is 8.94. The number of esters is 1. The molecule has 2 amide bonds. The van der Waals surface area contributed by atoms with Gasteiger partial charge in [-0.05, 0) is 56.0 Å². The Morgan fingerprint density at radius 2 is 1.86 bits per heavy atom. The molecule has 0 radical (unpaired) electrons. The van der Waals surface area contributed by atoms with E-state index in [1.807, 2.05) is 0 Å². The third kappa shape index (κ3) is 4.46. The highest BCUT2D eigenvalue weighted by molar-refractivity contribution is 6.10. The first-order valence-corrected chi connectivity index (χ1v) is 11.0. The van der Waals surface area contributed by atoms with Crippen LogP contribution >= 0.6 is 0 Å². The van der Waals surface area contributed by atoms with Gasteiger partial charge in [-0.1, -0.05) is 12.1 Å². The maximum atomic E-state index is 14.6. The molecule has 0 unspecified atom stereocenters. The number of anilines is 1. The van der Waals surface area contributed by atoms with Gasteiger partial charge < -0.3 is 9.64 Å². The van der Waals surface area contributed by atoms with Crippen molar-refractivity contribution in [2.24, 2.45) is 5.92 Å². The number of hydrogen-bond donors (Lipinski definition) is 0. The van der Waals surface area contributed by atoms with Crippen LogP contribution < -0.4 is 4.90 Å². The molecule has 1 aliphatic carbocycles. The van der Waals surface area contributed by atoms with Crippen molar-refractivity contribution in [3.63, 3.8) is 0 Å². The number of carbonyl (C=O) groups is 3. The van der Waals surface area contributed by atoms with Crippen LogP contribution in [0.5, 0.6) is 0 Å². The van der Waals surface area contributed by atoms with Gasteiger partial charge in [0.25, 0.3) is 5.91 Å². The fourth-order valence-corrected chi connectivity index (χ4v) is 4.59. The summed E-state index contributed by atoms with van der Waals surface area (Å²) >= 11 is 0. The van der Waals surface area contributed by atoms with Crippen LogP contribution in [0.25, 0.3) is 0 Å². The lowest BCUT2D eigenvalue weighted by Crippen LogP contribution is -2.73. The number of rotatable bonds is 5. The molecular weight excluding hydrogens is 470 g/mol. The van der Waals surface area contributed by atoms with E-state index in [-0.39, 0.29) is 31.8 Å². The van der Waals surface area contributed by atoms with Gasteiger partial charge >= 0.3 is 12.1 Å². The van der Waals surface area contributed by atoms with Crippen LogP contribution in [0.3, 0.4) is 0 Å². The summed E-state index contributed by atoms with van der Waals surface area (Å²) in [5, 5.41) is 0. The third-order valence-electron chi connectivity index (χ3n) is 6.38. The predicted octanol–water partition coefficient (Wildman–Crippen LogP) is 3.64. The van der Waals surface area contributed by atoms with Gasteiger partial charge in [-0.2, -0.15) is 13.2 Å². The van der Waals surface area contributed by atoms with Crippen molar-refractivity contribution in [3.8, 4) is 0 Å². The first-order chi connectivity index (χ1) is 16.5. The van der Waals surface area contributed by atoms with Crippen LogP contribution in [-0.4, -0.2) is 46.4 Å². The largest absolute Gasteiger partial charge is 0.466 e. The van der Waals surface area contributed by atoms with E-state index in [4.69, 9.17) is 4.74 Å². The number of carbonyl (C=O) groups excluding carboxylic acids is 3. The van der Waals surface area contributed by atoms with Crippen molar-refractivity contribution in [1.82, 2.24) is 9.88 Å². The number of benzene rings is 1. The number of alkyl halides is 3. The molecule has 11 heteroatoms. The van der Waals surface area contributed by atoms with E-state index in [9.17, 15) is 31.9 Å².